The largest absolute Gasteiger partial charge is 0.455 e. The van der Waals surface area contributed by atoms with E-state index >= 15 is 0 Å². The van der Waals surface area contributed by atoms with E-state index in [1.165, 1.54) is 0 Å². The van der Waals surface area contributed by atoms with Gasteiger partial charge in [-0.2, -0.15) is 18.2 Å². The smallest absolute Gasteiger partial charge is 0.392 e. The lowest BCUT2D eigenvalue weighted by molar-refractivity contribution is -0.177. The lowest BCUT2D eigenvalue weighted by Gasteiger charge is -2.23. The zero-order chi connectivity index (χ0) is 17.1. The van der Waals surface area contributed by atoms with Gasteiger partial charge in [0.25, 0.3) is 0 Å². The molecule has 6 nitrogen and oxygen atoms in total. The summed E-state index contributed by atoms with van der Waals surface area (Å²) in [6, 6.07) is 0.0374. The molecule has 2 unspecified atom stereocenters. The van der Waals surface area contributed by atoms with E-state index in [1.54, 1.807) is 0 Å². The van der Waals surface area contributed by atoms with E-state index in [9.17, 15) is 13.2 Å². The number of halogens is 3. The van der Waals surface area contributed by atoms with Crippen molar-refractivity contribution in [3.8, 4) is 0 Å². The maximum atomic E-state index is 13.1. The van der Waals surface area contributed by atoms with Crippen LogP contribution in [0.15, 0.2) is 4.42 Å². The van der Waals surface area contributed by atoms with E-state index in [-0.39, 0.29) is 31.3 Å². The summed E-state index contributed by atoms with van der Waals surface area (Å²) in [6.45, 7) is 1.32. The van der Waals surface area contributed by atoms with Crippen molar-refractivity contribution < 1.29 is 17.6 Å². The molecule has 0 saturated carbocycles. The molecule has 4 rings (SSSR count). The molecule has 1 fully saturated rings. The van der Waals surface area contributed by atoms with Gasteiger partial charge in [-0.1, -0.05) is 0 Å². The average Bonchev–Trinajstić information content (AvgIpc) is 3.09. The minimum absolute atomic E-state index is 0.0309. The molecule has 24 heavy (non-hydrogen) atoms. The second-order valence-electron chi connectivity index (χ2n) is 6.56. The second-order valence-corrected chi connectivity index (χ2v) is 6.56. The number of aromatic nitrogens is 2. The first kappa shape index (κ1) is 15.5. The van der Waals surface area contributed by atoms with E-state index in [0.29, 0.717) is 41.3 Å². The molecule has 1 saturated heterocycles. The van der Waals surface area contributed by atoms with Crippen molar-refractivity contribution in [3.05, 3.63) is 11.3 Å². The van der Waals surface area contributed by atoms with Gasteiger partial charge in [0.15, 0.2) is 11.4 Å². The van der Waals surface area contributed by atoms with Crippen molar-refractivity contribution in [3.63, 3.8) is 0 Å². The van der Waals surface area contributed by atoms with E-state index in [4.69, 9.17) is 15.9 Å². The Bertz CT molecular complexity index is 787. The summed E-state index contributed by atoms with van der Waals surface area (Å²) in [4.78, 5) is 10.4. The highest BCUT2D eigenvalue weighted by Gasteiger charge is 2.43. The molecular formula is C15H18F3N5O. The normalized spacial score (nSPS) is 24.6. The molecule has 9 heteroatoms. The summed E-state index contributed by atoms with van der Waals surface area (Å²) in [5.41, 5.74) is 13.1. The Balaban J connectivity index is 1.80. The summed E-state index contributed by atoms with van der Waals surface area (Å²) >= 11 is 0. The molecule has 0 aromatic carbocycles. The third-order valence-electron chi connectivity index (χ3n) is 4.87. The standard InChI is InChI=1S/C15H18F3N5O/c16-15(17,18)7-1-2-10-9(5-7)11-12(24-10)13(22-14(20)21-11)23-4-3-8(19)6-23/h7-8H,1-6,19H2,(H2,20,21,22). The second kappa shape index (κ2) is 5.23. The Morgan fingerprint density at radius 3 is 2.67 bits per heavy atom. The third kappa shape index (κ3) is 2.47. The number of aryl methyl sites for hydroxylation is 1. The summed E-state index contributed by atoms with van der Waals surface area (Å²) in [5.74, 6) is -0.236. The third-order valence-corrected chi connectivity index (χ3v) is 4.87. The highest BCUT2D eigenvalue weighted by Crippen LogP contribution is 2.42. The minimum atomic E-state index is -4.22. The van der Waals surface area contributed by atoms with E-state index in [1.807, 2.05) is 4.90 Å². The van der Waals surface area contributed by atoms with Crippen molar-refractivity contribution in [1.82, 2.24) is 9.97 Å². The fourth-order valence-corrected chi connectivity index (χ4v) is 3.61. The van der Waals surface area contributed by atoms with Crippen molar-refractivity contribution >= 4 is 22.9 Å². The number of anilines is 2. The Labute approximate surface area is 136 Å². The fraction of sp³-hybridized carbons (Fsp3) is 0.600. The Kier molecular flexibility index (Phi) is 3.38. The van der Waals surface area contributed by atoms with E-state index < -0.39 is 12.1 Å². The molecule has 3 heterocycles. The number of nitrogens with two attached hydrogens (primary N) is 2. The predicted molar refractivity (Wildman–Crippen MR) is 82.6 cm³/mol. The van der Waals surface area contributed by atoms with Crippen molar-refractivity contribution in [2.24, 2.45) is 11.7 Å². The molecule has 0 spiro atoms. The van der Waals surface area contributed by atoms with Gasteiger partial charge < -0.3 is 20.8 Å². The first-order valence-corrected chi connectivity index (χ1v) is 7.98. The highest BCUT2D eigenvalue weighted by molar-refractivity contribution is 5.89. The van der Waals surface area contributed by atoms with Crippen molar-refractivity contribution in [2.45, 2.75) is 37.9 Å². The molecule has 2 aromatic heterocycles. The first-order chi connectivity index (χ1) is 11.3. The Hall–Kier alpha value is -2.03. The molecular weight excluding hydrogens is 323 g/mol. The average molecular weight is 341 g/mol. The van der Waals surface area contributed by atoms with Crippen LogP contribution in [0.3, 0.4) is 0 Å². The molecule has 2 atom stereocenters. The zero-order valence-electron chi connectivity index (χ0n) is 12.9. The van der Waals surface area contributed by atoms with Crippen LogP contribution in [0.25, 0.3) is 11.1 Å². The van der Waals surface area contributed by atoms with E-state index in [2.05, 4.69) is 9.97 Å². The van der Waals surface area contributed by atoms with Gasteiger partial charge in [0.1, 0.15) is 11.3 Å². The maximum absolute atomic E-state index is 13.1. The number of alkyl halides is 3. The van der Waals surface area contributed by atoms with Crippen molar-refractivity contribution in [2.75, 3.05) is 23.7 Å². The number of nitrogen functional groups attached to an aromatic ring is 1. The van der Waals surface area contributed by atoms with Crippen LogP contribution in [0.4, 0.5) is 24.9 Å². The molecule has 4 N–H and O–H groups in total. The molecule has 0 bridgehead atoms. The van der Waals surface area contributed by atoms with Gasteiger partial charge in [-0.15, -0.1) is 0 Å². The number of furan rings is 1. The molecule has 130 valence electrons. The van der Waals surface area contributed by atoms with E-state index in [0.717, 1.165) is 6.42 Å². The quantitative estimate of drug-likeness (QED) is 0.824. The van der Waals surface area contributed by atoms with Crippen LogP contribution >= 0.6 is 0 Å². The van der Waals surface area contributed by atoms with Crippen LogP contribution in [0.5, 0.6) is 0 Å². The predicted octanol–water partition coefficient (Wildman–Crippen LogP) is 2.01. The summed E-state index contributed by atoms with van der Waals surface area (Å²) < 4.78 is 45.1. The molecule has 0 amide bonds. The van der Waals surface area contributed by atoms with Crippen LogP contribution in [-0.4, -0.2) is 35.3 Å². The molecule has 2 aromatic rings. The van der Waals surface area contributed by atoms with Gasteiger partial charge in [-0.3, -0.25) is 0 Å². The number of hydrogen-bond acceptors (Lipinski definition) is 6. The Morgan fingerprint density at radius 2 is 2.00 bits per heavy atom. The monoisotopic (exact) mass is 341 g/mol. The minimum Gasteiger partial charge on any atom is -0.455 e. The number of hydrogen-bond donors (Lipinski definition) is 2. The summed E-state index contributed by atoms with van der Waals surface area (Å²) in [7, 11) is 0. The first-order valence-electron chi connectivity index (χ1n) is 7.98. The Morgan fingerprint density at radius 1 is 1.21 bits per heavy atom. The van der Waals surface area contributed by atoms with Crippen molar-refractivity contribution in [1.29, 1.82) is 0 Å². The fourth-order valence-electron chi connectivity index (χ4n) is 3.61. The number of nitrogens with zero attached hydrogens (tertiary/aromatic N) is 3. The van der Waals surface area contributed by atoms with Crippen LogP contribution < -0.4 is 16.4 Å². The van der Waals surface area contributed by atoms with Crippen LogP contribution in [0.2, 0.25) is 0 Å². The van der Waals surface area contributed by atoms with Gasteiger partial charge in [0.2, 0.25) is 5.95 Å². The summed E-state index contributed by atoms with van der Waals surface area (Å²) in [6.07, 6.45) is -3.24. The maximum Gasteiger partial charge on any atom is 0.392 e. The van der Waals surface area contributed by atoms with Crippen LogP contribution in [0, 0.1) is 5.92 Å². The number of rotatable bonds is 1. The SMILES string of the molecule is Nc1nc(N2CCC(N)C2)c2oc3c(c2n1)CC(C(F)(F)F)CC3. The molecule has 2 aliphatic rings. The van der Waals surface area contributed by atoms with Crippen LogP contribution in [0.1, 0.15) is 24.2 Å². The lowest BCUT2D eigenvalue weighted by Crippen LogP contribution is -2.28. The van der Waals surface area contributed by atoms with Gasteiger partial charge in [0.05, 0.1) is 5.92 Å². The van der Waals surface area contributed by atoms with Gasteiger partial charge in [0, 0.05) is 31.1 Å². The zero-order valence-corrected chi connectivity index (χ0v) is 12.9. The van der Waals surface area contributed by atoms with Gasteiger partial charge in [-0.25, -0.2) is 4.98 Å². The molecule has 1 aliphatic carbocycles. The lowest BCUT2D eigenvalue weighted by atomic mass is 9.87. The number of fused-ring (bicyclic) bond motifs is 3. The highest BCUT2D eigenvalue weighted by atomic mass is 19.4. The van der Waals surface area contributed by atoms with Gasteiger partial charge >= 0.3 is 6.18 Å². The topological polar surface area (TPSA) is 94.2 Å². The molecule has 0 radical (unpaired) electrons. The van der Waals surface area contributed by atoms with Gasteiger partial charge in [-0.05, 0) is 19.3 Å². The van der Waals surface area contributed by atoms with Crippen LogP contribution in [-0.2, 0) is 12.8 Å². The summed E-state index contributed by atoms with van der Waals surface area (Å²) in [5, 5.41) is 0. The molecule has 1 aliphatic heterocycles.